The molecular weight excluding hydrogens is 260 g/mol. The van der Waals surface area contributed by atoms with E-state index in [2.05, 4.69) is 24.1 Å². The molecule has 1 aliphatic rings. The van der Waals surface area contributed by atoms with E-state index >= 15 is 0 Å². The summed E-state index contributed by atoms with van der Waals surface area (Å²) >= 11 is 6.17. The molecule has 1 aromatic heterocycles. The molecule has 0 spiro atoms. The summed E-state index contributed by atoms with van der Waals surface area (Å²) in [5.74, 6) is 1.64. The van der Waals surface area contributed by atoms with Gasteiger partial charge in [0.05, 0.1) is 23.4 Å². The maximum atomic E-state index is 6.17. The van der Waals surface area contributed by atoms with Gasteiger partial charge in [-0.25, -0.2) is 4.98 Å². The molecule has 1 aliphatic carbocycles. The molecule has 1 N–H and O–H groups in total. The van der Waals surface area contributed by atoms with E-state index in [1.807, 2.05) is 12.1 Å². The zero-order valence-corrected chi connectivity index (χ0v) is 12.5. The second-order valence-corrected chi connectivity index (χ2v) is 5.77. The second kappa shape index (κ2) is 7.11. The van der Waals surface area contributed by atoms with Crippen molar-refractivity contribution >= 4 is 17.4 Å². The zero-order chi connectivity index (χ0) is 13.7. The number of aromatic nitrogens is 1. The number of anilines is 1. The summed E-state index contributed by atoms with van der Waals surface area (Å²) in [5, 5.41) is 3.88. The van der Waals surface area contributed by atoms with Gasteiger partial charge in [-0.2, -0.15) is 0 Å². The molecule has 1 aromatic rings. The molecule has 19 heavy (non-hydrogen) atoms. The Balaban J connectivity index is 1.92. The fraction of sp³-hybridized carbons (Fsp3) is 0.667. The largest absolute Gasteiger partial charge is 0.372 e. The van der Waals surface area contributed by atoms with Gasteiger partial charge < -0.3 is 10.1 Å². The molecule has 2 rings (SSSR count). The molecule has 1 saturated carbocycles. The lowest BCUT2D eigenvalue weighted by molar-refractivity contribution is 0.00329. The minimum absolute atomic E-state index is 0.365. The van der Waals surface area contributed by atoms with E-state index in [0.717, 1.165) is 36.8 Å². The Bertz CT molecular complexity index is 411. The Kier molecular flexibility index (Phi) is 5.46. The Hall–Kier alpha value is -0.800. The highest BCUT2D eigenvalue weighted by molar-refractivity contribution is 6.31. The summed E-state index contributed by atoms with van der Waals surface area (Å²) in [5.41, 5.74) is 0.832. The number of halogens is 1. The van der Waals surface area contributed by atoms with Crippen LogP contribution < -0.4 is 5.32 Å². The third-order valence-electron chi connectivity index (χ3n) is 3.62. The highest BCUT2D eigenvalue weighted by Gasteiger charge is 2.19. The van der Waals surface area contributed by atoms with Crippen molar-refractivity contribution in [3.05, 3.63) is 22.8 Å². The molecule has 1 fully saturated rings. The third-order valence-corrected chi connectivity index (χ3v) is 3.96. The van der Waals surface area contributed by atoms with Gasteiger partial charge in [-0.1, -0.05) is 31.4 Å². The quantitative estimate of drug-likeness (QED) is 0.876. The smallest absolute Gasteiger partial charge is 0.126 e. The standard InChI is InChI=1S/C15H23ClN2O/c1-3-17-15-8-7-13(16)14(18-15)10-19-12-6-4-5-11(2)9-12/h7-8,11-12H,3-6,9-10H2,1-2H3,(H,17,18). The normalized spacial score (nSPS) is 23.3. The summed E-state index contributed by atoms with van der Waals surface area (Å²) in [7, 11) is 0. The zero-order valence-electron chi connectivity index (χ0n) is 11.8. The van der Waals surface area contributed by atoms with Crippen molar-refractivity contribution in [2.75, 3.05) is 11.9 Å². The van der Waals surface area contributed by atoms with Crippen molar-refractivity contribution in [2.24, 2.45) is 5.92 Å². The predicted molar refractivity (Wildman–Crippen MR) is 79.6 cm³/mol. The van der Waals surface area contributed by atoms with Gasteiger partial charge in [0, 0.05) is 6.54 Å². The Labute approximate surface area is 120 Å². The molecule has 3 nitrogen and oxygen atoms in total. The third kappa shape index (κ3) is 4.36. The number of hydrogen-bond donors (Lipinski definition) is 1. The van der Waals surface area contributed by atoms with E-state index in [0.29, 0.717) is 17.7 Å². The van der Waals surface area contributed by atoms with Crippen LogP contribution in [-0.2, 0) is 11.3 Å². The minimum Gasteiger partial charge on any atom is -0.372 e. The van der Waals surface area contributed by atoms with Crippen LogP contribution in [0.2, 0.25) is 5.02 Å². The minimum atomic E-state index is 0.365. The van der Waals surface area contributed by atoms with E-state index < -0.39 is 0 Å². The molecule has 106 valence electrons. The number of nitrogens with zero attached hydrogens (tertiary/aromatic N) is 1. The first-order valence-electron chi connectivity index (χ1n) is 7.20. The van der Waals surface area contributed by atoms with Crippen molar-refractivity contribution in [1.29, 1.82) is 0 Å². The molecule has 0 aliphatic heterocycles. The highest BCUT2D eigenvalue weighted by atomic mass is 35.5. The summed E-state index contributed by atoms with van der Waals surface area (Å²) in [6.07, 6.45) is 5.28. The first kappa shape index (κ1) is 14.6. The van der Waals surface area contributed by atoms with Crippen LogP contribution in [0.25, 0.3) is 0 Å². The first-order valence-corrected chi connectivity index (χ1v) is 7.57. The monoisotopic (exact) mass is 282 g/mol. The van der Waals surface area contributed by atoms with E-state index in [-0.39, 0.29) is 0 Å². The number of nitrogens with one attached hydrogen (secondary N) is 1. The van der Waals surface area contributed by atoms with Crippen LogP contribution in [0, 0.1) is 5.92 Å². The Morgan fingerprint density at radius 2 is 2.26 bits per heavy atom. The number of ether oxygens (including phenoxy) is 1. The van der Waals surface area contributed by atoms with Gasteiger partial charge in [0.15, 0.2) is 0 Å². The highest BCUT2D eigenvalue weighted by Crippen LogP contribution is 2.27. The van der Waals surface area contributed by atoms with Gasteiger partial charge in [-0.15, -0.1) is 0 Å². The summed E-state index contributed by atoms with van der Waals surface area (Å²) in [6.45, 7) is 5.72. The van der Waals surface area contributed by atoms with Crippen molar-refractivity contribution in [2.45, 2.75) is 52.2 Å². The van der Waals surface area contributed by atoms with Gasteiger partial charge in [-0.3, -0.25) is 0 Å². The lowest BCUT2D eigenvalue weighted by atomic mass is 9.89. The first-order chi connectivity index (χ1) is 9.19. The van der Waals surface area contributed by atoms with Crippen LogP contribution in [0.5, 0.6) is 0 Å². The maximum absolute atomic E-state index is 6.17. The fourth-order valence-corrected chi connectivity index (χ4v) is 2.75. The molecule has 0 saturated heterocycles. The molecule has 4 heteroatoms. The summed E-state index contributed by atoms with van der Waals surface area (Å²) < 4.78 is 5.98. The molecular formula is C15H23ClN2O. The molecule has 1 heterocycles. The molecule has 0 aromatic carbocycles. The SMILES string of the molecule is CCNc1ccc(Cl)c(COC2CCCC(C)C2)n1. The molecule has 2 atom stereocenters. The lowest BCUT2D eigenvalue weighted by Gasteiger charge is -2.26. The van der Waals surface area contributed by atoms with Crippen molar-refractivity contribution in [3.63, 3.8) is 0 Å². The van der Waals surface area contributed by atoms with Crippen molar-refractivity contribution in [1.82, 2.24) is 4.98 Å². The van der Waals surface area contributed by atoms with Crippen LogP contribution in [0.4, 0.5) is 5.82 Å². The average molecular weight is 283 g/mol. The second-order valence-electron chi connectivity index (χ2n) is 5.36. The van der Waals surface area contributed by atoms with E-state index in [9.17, 15) is 0 Å². The van der Waals surface area contributed by atoms with Crippen LogP contribution in [0.3, 0.4) is 0 Å². The van der Waals surface area contributed by atoms with Crippen molar-refractivity contribution < 1.29 is 4.74 Å². The van der Waals surface area contributed by atoms with Crippen LogP contribution in [0.1, 0.15) is 45.2 Å². The Morgan fingerprint density at radius 3 is 3.00 bits per heavy atom. The Morgan fingerprint density at radius 1 is 1.42 bits per heavy atom. The van der Waals surface area contributed by atoms with Gasteiger partial charge >= 0.3 is 0 Å². The summed E-state index contributed by atoms with van der Waals surface area (Å²) in [4.78, 5) is 4.50. The van der Waals surface area contributed by atoms with E-state index in [1.54, 1.807) is 0 Å². The lowest BCUT2D eigenvalue weighted by Crippen LogP contribution is -2.21. The van der Waals surface area contributed by atoms with E-state index in [4.69, 9.17) is 16.3 Å². The topological polar surface area (TPSA) is 34.1 Å². The molecule has 2 unspecified atom stereocenters. The van der Waals surface area contributed by atoms with Gasteiger partial charge in [-0.05, 0) is 37.8 Å². The summed E-state index contributed by atoms with van der Waals surface area (Å²) in [6, 6.07) is 3.78. The fourth-order valence-electron chi connectivity index (χ4n) is 2.59. The number of pyridine rings is 1. The van der Waals surface area contributed by atoms with Gasteiger partial charge in [0.25, 0.3) is 0 Å². The molecule has 0 radical (unpaired) electrons. The molecule has 0 bridgehead atoms. The predicted octanol–water partition coefficient (Wildman–Crippen LogP) is 4.26. The van der Waals surface area contributed by atoms with E-state index in [1.165, 1.54) is 12.8 Å². The van der Waals surface area contributed by atoms with Crippen molar-refractivity contribution in [3.8, 4) is 0 Å². The average Bonchev–Trinajstić information content (AvgIpc) is 2.40. The van der Waals surface area contributed by atoms with Gasteiger partial charge in [0.1, 0.15) is 5.82 Å². The van der Waals surface area contributed by atoms with Gasteiger partial charge in [0.2, 0.25) is 0 Å². The number of rotatable bonds is 5. The van der Waals surface area contributed by atoms with Crippen LogP contribution >= 0.6 is 11.6 Å². The molecule has 0 amide bonds. The van der Waals surface area contributed by atoms with Crippen LogP contribution in [0.15, 0.2) is 12.1 Å². The van der Waals surface area contributed by atoms with Crippen LogP contribution in [-0.4, -0.2) is 17.6 Å². The maximum Gasteiger partial charge on any atom is 0.126 e. The number of hydrogen-bond acceptors (Lipinski definition) is 3.